The average Bonchev–Trinajstić information content (AvgIpc) is 2.36. The van der Waals surface area contributed by atoms with Crippen molar-refractivity contribution in [3.8, 4) is 0 Å². The zero-order valence-electron chi connectivity index (χ0n) is 12.3. The molecular formula is C14H23Cl2N3. The molecule has 1 aromatic heterocycles. The Hall–Kier alpha value is -0.670. The van der Waals surface area contributed by atoms with Crippen molar-refractivity contribution in [2.24, 2.45) is 5.92 Å². The highest BCUT2D eigenvalue weighted by Gasteiger charge is 2.19. The van der Waals surface area contributed by atoms with Gasteiger partial charge in [-0.1, -0.05) is 44.0 Å². The Morgan fingerprint density at radius 3 is 2.42 bits per heavy atom. The van der Waals surface area contributed by atoms with E-state index in [1.807, 2.05) is 7.05 Å². The van der Waals surface area contributed by atoms with Gasteiger partial charge in [-0.15, -0.1) is 0 Å². The monoisotopic (exact) mass is 303 g/mol. The summed E-state index contributed by atoms with van der Waals surface area (Å²) in [4.78, 5) is 6.66. The van der Waals surface area contributed by atoms with Crippen molar-refractivity contribution in [1.29, 1.82) is 0 Å². The molecule has 19 heavy (non-hydrogen) atoms. The number of nitrogens with zero attached hydrogens (tertiary/aromatic N) is 2. The average molecular weight is 304 g/mol. The van der Waals surface area contributed by atoms with Gasteiger partial charge in [-0.25, -0.2) is 4.98 Å². The molecule has 0 aliphatic heterocycles. The Balaban J connectivity index is 3.06. The predicted molar refractivity (Wildman–Crippen MR) is 85.7 cm³/mol. The van der Waals surface area contributed by atoms with E-state index in [4.69, 9.17) is 23.2 Å². The van der Waals surface area contributed by atoms with Crippen LogP contribution in [0.2, 0.25) is 10.0 Å². The van der Waals surface area contributed by atoms with Gasteiger partial charge in [0.1, 0.15) is 11.6 Å². The maximum atomic E-state index is 6.26. The Morgan fingerprint density at radius 1 is 1.26 bits per heavy atom. The molecule has 0 saturated heterocycles. The summed E-state index contributed by atoms with van der Waals surface area (Å²) in [6.07, 6.45) is 1.02. The van der Waals surface area contributed by atoms with Crippen molar-refractivity contribution < 1.29 is 0 Å². The lowest BCUT2D eigenvalue weighted by Crippen LogP contribution is -2.34. The molecule has 0 saturated carbocycles. The number of aromatic nitrogens is 1. The Morgan fingerprint density at radius 2 is 1.89 bits per heavy atom. The fourth-order valence-corrected chi connectivity index (χ4v) is 2.27. The van der Waals surface area contributed by atoms with Gasteiger partial charge in [-0.2, -0.15) is 0 Å². The summed E-state index contributed by atoms with van der Waals surface area (Å²) in [5.74, 6) is 1.99. The highest BCUT2D eigenvalue weighted by Crippen LogP contribution is 2.32. The summed E-state index contributed by atoms with van der Waals surface area (Å²) in [6, 6.07) is 2.11. The van der Waals surface area contributed by atoms with E-state index >= 15 is 0 Å². The first-order valence-corrected chi connectivity index (χ1v) is 7.46. The number of anilines is 2. The molecule has 0 spiro atoms. The summed E-state index contributed by atoms with van der Waals surface area (Å²) in [7, 11) is 2.01. The van der Waals surface area contributed by atoms with Crippen LogP contribution in [0.5, 0.6) is 0 Å². The van der Waals surface area contributed by atoms with E-state index in [2.05, 4.69) is 42.9 Å². The van der Waals surface area contributed by atoms with Gasteiger partial charge in [0.05, 0.1) is 10.0 Å². The summed E-state index contributed by atoms with van der Waals surface area (Å²) in [5.41, 5.74) is 0. The molecule has 3 nitrogen and oxygen atoms in total. The molecule has 1 aromatic rings. The van der Waals surface area contributed by atoms with E-state index in [1.165, 1.54) is 0 Å². The topological polar surface area (TPSA) is 28.2 Å². The summed E-state index contributed by atoms with van der Waals surface area (Å²) >= 11 is 12.4. The second kappa shape index (κ2) is 7.20. The van der Waals surface area contributed by atoms with E-state index in [9.17, 15) is 0 Å². The number of nitrogens with one attached hydrogen (secondary N) is 1. The number of halogens is 2. The first-order chi connectivity index (χ1) is 8.88. The molecule has 1 rings (SSSR count). The van der Waals surface area contributed by atoms with E-state index in [-0.39, 0.29) is 0 Å². The van der Waals surface area contributed by atoms with Crippen LogP contribution in [0, 0.1) is 5.92 Å². The van der Waals surface area contributed by atoms with Crippen molar-refractivity contribution >= 4 is 34.8 Å². The lowest BCUT2D eigenvalue weighted by molar-refractivity contribution is 0.503. The minimum absolute atomic E-state index is 0.352. The minimum Gasteiger partial charge on any atom is -0.369 e. The molecule has 1 unspecified atom stereocenters. The Labute approximate surface area is 126 Å². The number of hydrogen-bond donors (Lipinski definition) is 1. The third-order valence-corrected chi connectivity index (χ3v) is 3.93. The third-order valence-electron chi connectivity index (χ3n) is 3.36. The van der Waals surface area contributed by atoms with Crippen LogP contribution in [0.15, 0.2) is 6.07 Å². The molecule has 0 bridgehead atoms. The highest BCUT2D eigenvalue weighted by atomic mass is 35.5. The van der Waals surface area contributed by atoms with Crippen LogP contribution >= 0.6 is 23.2 Å². The van der Waals surface area contributed by atoms with Crippen LogP contribution in [0.1, 0.15) is 34.1 Å². The molecule has 1 N–H and O–H groups in total. The van der Waals surface area contributed by atoms with Gasteiger partial charge in [-0.3, -0.25) is 0 Å². The van der Waals surface area contributed by atoms with Crippen LogP contribution in [0.4, 0.5) is 11.6 Å². The largest absolute Gasteiger partial charge is 0.369 e. The van der Waals surface area contributed by atoms with Crippen molar-refractivity contribution in [1.82, 2.24) is 4.98 Å². The van der Waals surface area contributed by atoms with E-state index in [1.54, 1.807) is 6.07 Å². The molecule has 108 valence electrons. The second-order valence-corrected chi connectivity index (χ2v) is 5.96. The molecular weight excluding hydrogens is 281 g/mol. The van der Waals surface area contributed by atoms with Gasteiger partial charge in [0.25, 0.3) is 0 Å². The van der Waals surface area contributed by atoms with Crippen molar-refractivity contribution in [3.05, 3.63) is 16.1 Å². The summed E-state index contributed by atoms with van der Waals surface area (Å²) in [5, 5.41) is 4.37. The van der Waals surface area contributed by atoms with Crippen molar-refractivity contribution in [2.45, 2.75) is 40.2 Å². The van der Waals surface area contributed by atoms with Gasteiger partial charge < -0.3 is 10.2 Å². The van der Waals surface area contributed by atoms with Gasteiger partial charge in [0, 0.05) is 19.6 Å². The molecule has 0 aliphatic rings. The molecule has 0 aliphatic carbocycles. The van der Waals surface area contributed by atoms with Crippen LogP contribution in [0.25, 0.3) is 0 Å². The molecule has 0 amide bonds. The Bertz CT molecular complexity index is 421. The van der Waals surface area contributed by atoms with Gasteiger partial charge in [0.2, 0.25) is 0 Å². The fourth-order valence-electron chi connectivity index (χ4n) is 1.71. The lowest BCUT2D eigenvalue weighted by Gasteiger charge is -2.30. The van der Waals surface area contributed by atoms with Crippen LogP contribution < -0.4 is 10.2 Å². The van der Waals surface area contributed by atoms with Gasteiger partial charge in [-0.05, 0) is 25.3 Å². The van der Waals surface area contributed by atoms with Crippen LogP contribution in [-0.4, -0.2) is 24.6 Å². The fraction of sp³-hybridized carbons (Fsp3) is 0.643. The first kappa shape index (κ1) is 16.4. The molecule has 0 fully saturated rings. The van der Waals surface area contributed by atoms with E-state index in [0.717, 1.165) is 18.8 Å². The maximum Gasteiger partial charge on any atom is 0.149 e. The van der Waals surface area contributed by atoms with E-state index < -0.39 is 0 Å². The molecule has 1 atom stereocenters. The lowest BCUT2D eigenvalue weighted by atomic mass is 10.1. The number of hydrogen-bond acceptors (Lipinski definition) is 3. The zero-order valence-corrected chi connectivity index (χ0v) is 13.8. The maximum absolute atomic E-state index is 6.26. The van der Waals surface area contributed by atoms with E-state index in [0.29, 0.717) is 27.8 Å². The van der Waals surface area contributed by atoms with Crippen molar-refractivity contribution in [2.75, 3.05) is 23.8 Å². The summed E-state index contributed by atoms with van der Waals surface area (Å²) < 4.78 is 0. The number of pyridine rings is 1. The molecule has 0 aromatic carbocycles. The SMILES string of the molecule is CCCNc1nc(N(C)C(C)C(C)C)c(Cl)cc1Cl. The second-order valence-electron chi connectivity index (χ2n) is 5.15. The quantitative estimate of drug-likeness (QED) is 0.826. The van der Waals surface area contributed by atoms with Gasteiger partial charge in [0.15, 0.2) is 0 Å². The summed E-state index contributed by atoms with van der Waals surface area (Å²) in [6.45, 7) is 9.47. The standard InChI is InChI=1S/C14H23Cl2N3/c1-6-7-17-13-11(15)8-12(16)14(18-13)19(5)10(4)9(2)3/h8-10H,6-7H2,1-5H3,(H,17,18). The Kier molecular flexibility index (Phi) is 6.21. The first-order valence-electron chi connectivity index (χ1n) is 6.71. The van der Waals surface area contributed by atoms with Gasteiger partial charge >= 0.3 is 0 Å². The van der Waals surface area contributed by atoms with Crippen molar-refractivity contribution in [3.63, 3.8) is 0 Å². The smallest absolute Gasteiger partial charge is 0.149 e. The molecule has 5 heteroatoms. The zero-order chi connectivity index (χ0) is 14.6. The molecule has 1 heterocycles. The highest BCUT2D eigenvalue weighted by molar-refractivity contribution is 6.37. The predicted octanol–water partition coefficient (Wildman–Crippen LogP) is 4.69. The van der Waals surface area contributed by atoms with Crippen LogP contribution in [-0.2, 0) is 0 Å². The molecule has 0 radical (unpaired) electrons. The normalized spacial score (nSPS) is 12.6. The van der Waals surface area contributed by atoms with Crippen LogP contribution in [0.3, 0.4) is 0 Å². The minimum atomic E-state index is 0.352. The number of rotatable bonds is 6. The third kappa shape index (κ3) is 4.15.